The first kappa shape index (κ1) is 14.8. The van der Waals surface area contributed by atoms with Gasteiger partial charge in [-0.15, -0.1) is 0 Å². The first-order chi connectivity index (χ1) is 9.02. The van der Waals surface area contributed by atoms with E-state index < -0.39 is 9.84 Å². The third-order valence-corrected chi connectivity index (χ3v) is 6.12. The molecule has 3 atom stereocenters. The number of carbonyl (C=O) groups is 1. The average Bonchev–Trinajstić information content (AvgIpc) is 2.76. The first-order valence-corrected chi connectivity index (χ1v) is 9.05. The van der Waals surface area contributed by atoms with Crippen LogP contribution >= 0.6 is 0 Å². The number of rotatable bonds is 4. The van der Waals surface area contributed by atoms with Crippen LogP contribution in [0.15, 0.2) is 0 Å². The molecule has 2 rings (SSSR count). The van der Waals surface area contributed by atoms with Crippen molar-refractivity contribution >= 4 is 15.7 Å². The highest BCUT2D eigenvalue weighted by molar-refractivity contribution is 7.91. The summed E-state index contributed by atoms with van der Waals surface area (Å²) in [6, 6.07) is 0.334. The van der Waals surface area contributed by atoms with Gasteiger partial charge in [0, 0.05) is 12.6 Å². The molecule has 2 heterocycles. The highest BCUT2D eigenvalue weighted by Gasteiger charge is 2.33. The molecule has 2 aliphatic rings. The van der Waals surface area contributed by atoms with Crippen LogP contribution in [0.1, 0.15) is 32.6 Å². The number of hydrogen-bond donors (Lipinski definition) is 2. The van der Waals surface area contributed by atoms with E-state index in [1.807, 2.05) is 0 Å². The minimum absolute atomic E-state index is 0.0220. The smallest absolute Gasteiger partial charge is 0.224 e. The van der Waals surface area contributed by atoms with Crippen molar-refractivity contribution in [1.29, 1.82) is 0 Å². The minimum Gasteiger partial charge on any atom is -0.354 e. The second kappa shape index (κ2) is 6.22. The van der Waals surface area contributed by atoms with E-state index in [1.165, 1.54) is 12.8 Å². The standard InChI is InChI=1S/C13H24N2O3S/c1-2-10-4-3-6-14-12(10)8-15-13(16)11-5-7-19(17,18)9-11/h10-12,14H,2-9H2,1H3,(H,15,16). The van der Waals surface area contributed by atoms with Gasteiger partial charge in [-0.05, 0) is 31.7 Å². The van der Waals surface area contributed by atoms with Crippen LogP contribution in [0.2, 0.25) is 0 Å². The van der Waals surface area contributed by atoms with E-state index in [4.69, 9.17) is 0 Å². The molecule has 3 unspecified atom stereocenters. The van der Waals surface area contributed by atoms with Gasteiger partial charge in [-0.2, -0.15) is 0 Å². The molecule has 0 bridgehead atoms. The highest BCUT2D eigenvalue weighted by atomic mass is 32.2. The van der Waals surface area contributed by atoms with Gasteiger partial charge < -0.3 is 10.6 Å². The van der Waals surface area contributed by atoms with Gasteiger partial charge >= 0.3 is 0 Å². The number of hydrogen-bond acceptors (Lipinski definition) is 4. The van der Waals surface area contributed by atoms with Crippen molar-refractivity contribution in [3.8, 4) is 0 Å². The van der Waals surface area contributed by atoms with Crippen molar-refractivity contribution in [2.24, 2.45) is 11.8 Å². The number of nitrogens with one attached hydrogen (secondary N) is 2. The maximum atomic E-state index is 12.0. The zero-order valence-corrected chi connectivity index (χ0v) is 12.3. The monoisotopic (exact) mass is 288 g/mol. The normalized spacial score (nSPS) is 34.1. The molecule has 6 heteroatoms. The van der Waals surface area contributed by atoms with Gasteiger partial charge in [0.2, 0.25) is 5.91 Å². The molecule has 0 aromatic carbocycles. The molecule has 2 fully saturated rings. The van der Waals surface area contributed by atoms with Crippen molar-refractivity contribution in [3.05, 3.63) is 0 Å². The van der Waals surface area contributed by atoms with E-state index >= 15 is 0 Å². The summed E-state index contributed by atoms with van der Waals surface area (Å²) in [6.45, 7) is 3.80. The topological polar surface area (TPSA) is 75.3 Å². The predicted octanol–water partition coefficient (Wildman–Crippen LogP) is 0.316. The zero-order chi connectivity index (χ0) is 13.9. The van der Waals surface area contributed by atoms with E-state index in [9.17, 15) is 13.2 Å². The lowest BCUT2D eigenvalue weighted by Gasteiger charge is -2.32. The summed E-state index contributed by atoms with van der Waals surface area (Å²) >= 11 is 0. The Hall–Kier alpha value is -0.620. The van der Waals surface area contributed by atoms with Crippen molar-refractivity contribution in [1.82, 2.24) is 10.6 Å². The van der Waals surface area contributed by atoms with Gasteiger partial charge in [-0.25, -0.2) is 8.42 Å². The summed E-state index contributed by atoms with van der Waals surface area (Å²) in [5.41, 5.74) is 0. The lowest BCUT2D eigenvalue weighted by atomic mass is 9.88. The number of piperidine rings is 1. The van der Waals surface area contributed by atoms with Gasteiger partial charge in [0.25, 0.3) is 0 Å². The fraction of sp³-hybridized carbons (Fsp3) is 0.923. The largest absolute Gasteiger partial charge is 0.354 e. The fourth-order valence-electron chi connectivity index (χ4n) is 3.10. The van der Waals surface area contributed by atoms with Crippen LogP contribution in [-0.2, 0) is 14.6 Å². The van der Waals surface area contributed by atoms with E-state index in [2.05, 4.69) is 17.6 Å². The van der Waals surface area contributed by atoms with Crippen molar-refractivity contribution in [2.45, 2.75) is 38.6 Å². The Kier molecular flexibility index (Phi) is 4.84. The van der Waals surface area contributed by atoms with Crippen LogP contribution < -0.4 is 10.6 Å². The Morgan fingerprint density at radius 3 is 2.79 bits per heavy atom. The van der Waals surface area contributed by atoms with Crippen LogP contribution in [0.3, 0.4) is 0 Å². The van der Waals surface area contributed by atoms with Crippen molar-refractivity contribution < 1.29 is 13.2 Å². The summed E-state index contributed by atoms with van der Waals surface area (Å²) in [5, 5.41) is 6.38. The zero-order valence-electron chi connectivity index (χ0n) is 11.5. The summed E-state index contributed by atoms with van der Waals surface area (Å²) in [4.78, 5) is 12.0. The molecule has 0 spiro atoms. The number of amides is 1. The predicted molar refractivity (Wildman–Crippen MR) is 74.6 cm³/mol. The maximum Gasteiger partial charge on any atom is 0.224 e. The van der Waals surface area contributed by atoms with Crippen LogP contribution in [0, 0.1) is 11.8 Å². The molecule has 0 aromatic rings. The Bertz CT molecular complexity index is 422. The minimum atomic E-state index is -2.98. The molecular weight excluding hydrogens is 264 g/mol. The van der Waals surface area contributed by atoms with E-state index in [0.29, 0.717) is 24.9 Å². The van der Waals surface area contributed by atoms with Gasteiger partial charge in [-0.3, -0.25) is 4.79 Å². The molecule has 0 radical (unpaired) electrons. The van der Waals surface area contributed by atoms with Crippen LogP contribution in [-0.4, -0.2) is 45.0 Å². The van der Waals surface area contributed by atoms with E-state index in [1.54, 1.807) is 0 Å². The Balaban J connectivity index is 1.80. The molecule has 2 aliphatic heterocycles. The lowest BCUT2D eigenvalue weighted by molar-refractivity contribution is -0.124. The molecule has 0 aromatic heterocycles. The number of sulfone groups is 1. The first-order valence-electron chi connectivity index (χ1n) is 7.23. The molecule has 2 N–H and O–H groups in total. The summed E-state index contributed by atoms with van der Waals surface area (Å²) in [7, 11) is -2.98. The van der Waals surface area contributed by atoms with Gasteiger partial charge in [0.1, 0.15) is 0 Å². The fourth-order valence-corrected chi connectivity index (χ4v) is 4.85. The van der Waals surface area contributed by atoms with Crippen LogP contribution in [0.5, 0.6) is 0 Å². The van der Waals surface area contributed by atoms with Gasteiger partial charge in [-0.1, -0.05) is 13.3 Å². The lowest BCUT2D eigenvalue weighted by Crippen LogP contribution is -2.49. The molecule has 2 saturated heterocycles. The quantitative estimate of drug-likeness (QED) is 0.781. The van der Waals surface area contributed by atoms with Crippen LogP contribution in [0.4, 0.5) is 0 Å². The second-order valence-corrected chi connectivity index (χ2v) is 7.95. The molecule has 1 amide bonds. The second-order valence-electron chi connectivity index (χ2n) is 5.72. The summed E-state index contributed by atoms with van der Waals surface area (Å²) < 4.78 is 22.7. The Morgan fingerprint density at radius 1 is 1.37 bits per heavy atom. The third-order valence-electron chi connectivity index (χ3n) is 4.35. The van der Waals surface area contributed by atoms with E-state index in [-0.39, 0.29) is 23.3 Å². The third kappa shape index (κ3) is 3.92. The molecule has 0 aliphatic carbocycles. The summed E-state index contributed by atoms with van der Waals surface area (Å²) in [5.74, 6) is 0.358. The SMILES string of the molecule is CCC1CCCNC1CNC(=O)C1CCS(=O)(=O)C1. The molecular formula is C13H24N2O3S. The average molecular weight is 288 g/mol. The Labute approximate surface area is 115 Å². The Morgan fingerprint density at radius 2 is 2.16 bits per heavy atom. The van der Waals surface area contributed by atoms with E-state index in [0.717, 1.165) is 13.0 Å². The molecule has 5 nitrogen and oxygen atoms in total. The van der Waals surface area contributed by atoms with Crippen molar-refractivity contribution in [3.63, 3.8) is 0 Å². The van der Waals surface area contributed by atoms with Crippen molar-refractivity contribution in [2.75, 3.05) is 24.6 Å². The molecule has 19 heavy (non-hydrogen) atoms. The van der Waals surface area contributed by atoms with Gasteiger partial charge in [0.15, 0.2) is 9.84 Å². The highest BCUT2D eigenvalue weighted by Crippen LogP contribution is 2.21. The molecule has 0 saturated carbocycles. The number of carbonyl (C=O) groups excluding carboxylic acids is 1. The molecule has 110 valence electrons. The van der Waals surface area contributed by atoms with Crippen LogP contribution in [0.25, 0.3) is 0 Å². The summed E-state index contributed by atoms with van der Waals surface area (Å²) in [6.07, 6.45) is 4.00. The van der Waals surface area contributed by atoms with Gasteiger partial charge in [0.05, 0.1) is 17.4 Å². The maximum absolute atomic E-state index is 12.0.